The van der Waals surface area contributed by atoms with Crippen molar-refractivity contribution < 1.29 is 4.42 Å². The molecule has 92 valence electrons. The second-order valence-corrected chi connectivity index (χ2v) is 5.26. The van der Waals surface area contributed by atoms with Crippen molar-refractivity contribution >= 4 is 29.0 Å². The average molecular weight is 272 g/mol. The van der Waals surface area contributed by atoms with Crippen LogP contribution >= 0.6 is 22.9 Å². The molecule has 0 saturated heterocycles. The summed E-state index contributed by atoms with van der Waals surface area (Å²) in [4.78, 5) is 1.26. The lowest BCUT2D eigenvalue weighted by atomic mass is 10.0. The molecular formula is C11H14ClN3OS. The average Bonchev–Trinajstić information content (AvgIpc) is 2.96. The number of nitrogens with one attached hydrogen (secondary N) is 1. The van der Waals surface area contributed by atoms with Crippen LogP contribution in [0.2, 0.25) is 0 Å². The molecule has 0 aromatic carbocycles. The monoisotopic (exact) mass is 271 g/mol. The Morgan fingerprint density at radius 2 is 2.29 bits per heavy atom. The maximum absolute atomic E-state index is 5.62. The highest BCUT2D eigenvalue weighted by Crippen LogP contribution is 2.29. The minimum absolute atomic E-state index is 0.179. The summed E-state index contributed by atoms with van der Waals surface area (Å²) in [7, 11) is 0. The van der Waals surface area contributed by atoms with Gasteiger partial charge in [0.25, 0.3) is 0 Å². The van der Waals surface area contributed by atoms with Crippen molar-refractivity contribution in [1.82, 2.24) is 10.2 Å². The largest absolute Gasteiger partial charge is 0.407 e. The second-order valence-electron chi connectivity index (χ2n) is 4.02. The van der Waals surface area contributed by atoms with E-state index in [1.54, 1.807) is 11.3 Å². The highest BCUT2D eigenvalue weighted by atomic mass is 35.5. The Bertz CT molecular complexity index is 455. The van der Waals surface area contributed by atoms with E-state index in [0.717, 1.165) is 0 Å². The van der Waals surface area contributed by atoms with E-state index in [4.69, 9.17) is 16.0 Å². The molecule has 6 heteroatoms. The number of nitrogens with zero attached hydrogens (tertiary/aromatic N) is 2. The normalized spacial score (nSPS) is 12.9. The highest BCUT2D eigenvalue weighted by molar-refractivity contribution is 7.10. The molecule has 1 atom stereocenters. The van der Waals surface area contributed by atoms with Crippen LogP contribution in [0.25, 0.3) is 0 Å². The second kappa shape index (κ2) is 5.51. The Kier molecular flexibility index (Phi) is 4.02. The van der Waals surface area contributed by atoms with E-state index >= 15 is 0 Å². The van der Waals surface area contributed by atoms with Crippen molar-refractivity contribution in [3.63, 3.8) is 0 Å². The number of hydrogen-bond acceptors (Lipinski definition) is 5. The fourth-order valence-electron chi connectivity index (χ4n) is 1.53. The van der Waals surface area contributed by atoms with E-state index < -0.39 is 0 Å². The third-order valence-electron chi connectivity index (χ3n) is 2.38. The van der Waals surface area contributed by atoms with Crippen LogP contribution in [-0.4, -0.2) is 10.2 Å². The van der Waals surface area contributed by atoms with Gasteiger partial charge in [-0.1, -0.05) is 25.0 Å². The molecule has 0 aliphatic carbocycles. The SMILES string of the molecule is CC(C)C(Nc1nnc(CCl)o1)c1cccs1. The van der Waals surface area contributed by atoms with Crippen LogP contribution in [0.1, 0.15) is 30.7 Å². The quantitative estimate of drug-likeness (QED) is 0.843. The number of aromatic nitrogens is 2. The van der Waals surface area contributed by atoms with Gasteiger partial charge in [-0.3, -0.25) is 0 Å². The predicted octanol–water partition coefficient (Wildman–Crippen LogP) is 3.68. The minimum atomic E-state index is 0.179. The molecule has 0 aliphatic rings. The van der Waals surface area contributed by atoms with E-state index in [-0.39, 0.29) is 11.9 Å². The molecule has 0 spiro atoms. The fourth-order valence-corrected chi connectivity index (χ4v) is 2.59. The number of rotatable bonds is 5. The molecule has 0 bridgehead atoms. The number of alkyl halides is 1. The molecule has 2 aromatic rings. The fraction of sp³-hybridized carbons (Fsp3) is 0.455. The molecule has 2 rings (SSSR count). The maximum atomic E-state index is 5.62. The van der Waals surface area contributed by atoms with Gasteiger partial charge in [-0.05, 0) is 17.4 Å². The van der Waals surface area contributed by atoms with Crippen LogP contribution in [-0.2, 0) is 5.88 Å². The third kappa shape index (κ3) is 2.98. The summed E-state index contributed by atoms with van der Waals surface area (Å²) in [6, 6.07) is 4.74. The summed E-state index contributed by atoms with van der Waals surface area (Å²) in [5, 5.41) is 13.0. The van der Waals surface area contributed by atoms with Crippen LogP contribution in [0.5, 0.6) is 0 Å². The summed E-state index contributed by atoms with van der Waals surface area (Å²) < 4.78 is 5.35. The van der Waals surface area contributed by atoms with E-state index in [1.165, 1.54) is 4.88 Å². The van der Waals surface area contributed by atoms with Crippen molar-refractivity contribution in [3.05, 3.63) is 28.3 Å². The van der Waals surface area contributed by atoms with Crippen molar-refractivity contribution in [2.24, 2.45) is 5.92 Å². The lowest BCUT2D eigenvalue weighted by Gasteiger charge is -2.19. The van der Waals surface area contributed by atoms with E-state index in [9.17, 15) is 0 Å². The first-order chi connectivity index (χ1) is 8.20. The summed E-state index contributed by atoms with van der Waals surface area (Å²) in [5.74, 6) is 1.10. The molecule has 1 unspecified atom stereocenters. The molecule has 4 nitrogen and oxygen atoms in total. The number of thiophene rings is 1. The Morgan fingerprint density at radius 1 is 1.47 bits per heavy atom. The molecular weight excluding hydrogens is 258 g/mol. The highest BCUT2D eigenvalue weighted by Gasteiger charge is 2.19. The van der Waals surface area contributed by atoms with Crippen LogP contribution in [0.15, 0.2) is 21.9 Å². The van der Waals surface area contributed by atoms with Crippen LogP contribution < -0.4 is 5.32 Å². The number of halogens is 1. The van der Waals surface area contributed by atoms with Crippen molar-refractivity contribution in [3.8, 4) is 0 Å². The smallest absolute Gasteiger partial charge is 0.316 e. The maximum Gasteiger partial charge on any atom is 0.316 e. The molecule has 2 aromatic heterocycles. The molecule has 1 N–H and O–H groups in total. The lowest BCUT2D eigenvalue weighted by molar-refractivity contribution is 0.491. The van der Waals surface area contributed by atoms with Crippen molar-refractivity contribution in [2.75, 3.05) is 5.32 Å². The van der Waals surface area contributed by atoms with E-state index in [2.05, 4.69) is 40.8 Å². The zero-order valence-electron chi connectivity index (χ0n) is 9.68. The Balaban J connectivity index is 2.13. The van der Waals surface area contributed by atoms with Gasteiger partial charge in [0, 0.05) is 4.88 Å². The standard InChI is InChI=1S/C11H14ClN3OS/c1-7(2)10(8-4-3-5-17-8)13-11-15-14-9(6-12)16-11/h3-5,7,10H,6H2,1-2H3,(H,13,15). The first kappa shape index (κ1) is 12.4. The minimum Gasteiger partial charge on any atom is -0.407 e. The van der Waals surface area contributed by atoms with Gasteiger partial charge >= 0.3 is 6.01 Å². The molecule has 17 heavy (non-hydrogen) atoms. The topological polar surface area (TPSA) is 51.0 Å². The van der Waals surface area contributed by atoms with Gasteiger partial charge in [0.1, 0.15) is 5.88 Å². The summed E-state index contributed by atoms with van der Waals surface area (Å²) in [6.07, 6.45) is 0. The van der Waals surface area contributed by atoms with Crippen molar-refractivity contribution in [2.45, 2.75) is 25.8 Å². The zero-order chi connectivity index (χ0) is 12.3. The number of hydrogen-bond donors (Lipinski definition) is 1. The van der Waals surface area contributed by atoms with Gasteiger partial charge in [-0.2, -0.15) is 0 Å². The molecule has 0 amide bonds. The summed E-state index contributed by atoms with van der Waals surface area (Å²) in [6.45, 7) is 4.30. The Morgan fingerprint density at radius 3 is 2.82 bits per heavy atom. The molecule has 0 aliphatic heterocycles. The molecule has 0 radical (unpaired) electrons. The van der Waals surface area contributed by atoms with Crippen molar-refractivity contribution in [1.29, 1.82) is 0 Å². The van der Waals surface area contributed by atoms with Gasteiger partial charge in [0.2, 0.25) is 5.89 Å². The van der Waals surface area contributed by atoms with Gasteiger partial charge in [-0.15, -0.1) is 28.0 Å². The van der Waals surface area contributed by atoms with Gasteiger partial charge in [0.15, 0.2) is 0 Å². The summed E-state index contributed by atoms with van der Waals surface area (Å²) >= 11 is 7.33. The van der Waals surface area contributed by atoms with E-state index in [0.29, 0.717) is 17.8 Å². The van der Waals surface area contributed by atoms with Gasteiger partial charge in [-0.25, -0.2) is 0 Å². The predicted molar refractivity (Wildman–Crippen MR) is 69.4 cm³/mol. The Labute approximate surface area is 109 Å². The van der Waals surface area contributed by atoms with Gasteiger partial charge < -0.3 is 9.73 Å². The lowest BCUT2D eigenvalue weighted by Crippen LogP contribution is -2.15. The van der Waals surface area contributed by atoms with Crippen LogP contribution in [0, 0.1) is 5.92 Å². The number of anilines is 1. The molecule has 0 saturated carbocycles. The first-order valence-corrected chi connectivity index (χ1v) is 6.80. The van der Waals surface area contributed by atoms with E-state index in [1.807, 2.05) is 6.07 Å². The molecule has 2 heterocycles. The van der Waals surface area contributed by atoms with Crippen LogP contribution in [0.3, 0.4) is 0 Å². The molecule has 0 fully saturated rings. The zero-order valence-corrected chi connectivity index (χ0v) is 11.3. The Hall–Kier alpha value is -1.07. The third-order valence-corrected chi connectivity index (χ3v) is 3.56. The first-order valence-electron chi connectivity index (χ1n) is 5.39. The van der Waals surface area contributed by atoms with Gasteiger partial charge in [0.05, 0.1) is 6.04 Å². The van der Waals surface area contributed by atoms with Crippen LogP contribution in [0.4, 0.5) is 6.01 Å². The summed E-state index contributed by atoms with van der Waals surface area (Å²) in [5.41, 5.74) is 0.